The summed E-state index contributed by atoms with van der Waals surface area (Å²) in [5.41, 5.74) is 1.58. The Morgan fingerprint density at radius 3 is 2.86 bits per heavy atom. The van der Waals surface area contributed by atoms with E-state index in [-0.39, 0.29) is 5.56 Å². The van der Waals surface area contributed by atoms with Crippen LogP contribution in [0, 0.1) is 0 Å². The van der Waals surface area contributed by atoms with Gasteiger partial charge >= 0.3 is 0 Å². The number of benzene rings is 2. The number of para-hydroxylation sites is 1. The van der Waals surface area contributed by atoms with Crippen molar-refractivity contribution in [1.29, 1.82) is 0 Å². The molecule has 0 aliphatic carbocycles. The van der Waals surface area contributed by atoms with E-state index in [1.807, 2.05) is 42.1 Å². The molecule has 4 heteroatoms. The molecule has 0 bridgehead atoms. The first kappa shape index (κ1) is 14.9. The summed E-state index contributed by atoms with van der Waals surface area (Å²) in [6.07, 6.45) is 2.41. The molecule has 3 rings (SSSR count). The van der Waals surface area contributed by atoms with Crippen LogP contribution in [0.1, 0.15) is 19.8 Å². The van der Waals surface area contributed by atoms with Gasteiger partial charge < -0.3 is 4.98 Å². The van der Waals surface area contributed by atoms with Crippen molar-refractivity contribution >= 4 is 22.7 Å². The van der Waals surface area contributed by atoms with Gasteiger partial charge in [-0.15, -0.1) is 11.8 Å². The Bertz CT molecular complexity index is 842. The third-order valence-corrected chi connectivity index (χ3v) is 4.57. The number of aromatic nitrogens is 2. The van der Waals surface area contributed by atoms with Gasteiger partial charge in [0.1, 0.15) is 5.82 Å². The minimum absolute atomic E-state index is 0.0929. The molecule has 22 heavy (non-hydrogen) atoms. The molecule has 1 aromatic heterocycles. The molecule has 0 saturated carbocycles. The summed E-state index contributed by atoms with van der Waals surface area (Å²) in [5.74, 6) is 1.74. The maximum atomic E-state index is 12.2. The smallest absolute Gasteiger partial charge is 0.259 e. The Kier molecular flexibility index (Phi) is 4.59. The molecule has 0 aliphatic heterocycles. The van der Waals surface area contributed by atoms with Crippen molar-refractivity contribution in [2.45, 2.75) is 24.7 Å². The molecule has 112 valence electrons. The van der Waals surface area contributed by atoms with E-state index in [2.05, 4.69) is 29.0 Å². The van der Waals surface area contributed by atoms with Gasteiger partial charge in [-0.05, 0) is 36.4 Å². The SMILES string of the molecule is CCCCSc1cccc(-c2nc3ccccc3c(=O)[nH]2)c1. The van der Waals surface area contributed by atoms with Crippen LogP contribution < -0.4 is 5.56 Å². The normalized spacial score (nSPS) is 11.0. The highest BCUT2D eigenvalue weighted by molar-refractivity contribution is 7.99. The van der Waals surface area contributed by atoms with Gasteiger partial charge in [0.05, 0.1) is 10.9 Å². The summed E-state index contributed by atoms with van der Waals surface area (Å²) in [6.45, 7) is 2.20. The molecular weight excluding hydrogens is 292 g/mol. The topological polar surface area (TPSA) is 45.8 Å². The predicted octanol–water partition coefficient (Wildman–Crippen LogP) is 4.48. The summed E-state index contributed by atoms with van der Waals surface area (Å²) in [4.78, 5) is 20.8. The van der Waals surface area contributed by atoms with Crippen molar-refractivity contribution in [2.75, 3.05) is 5.75 Å². The first-order chi connectivity index (χ1) is 10.8. The fourth-order valence-corrected chi connectivity index (χ4v) is 3.34. The van der Waals surface area contributed by atoms with Crippen molar-refractivity contribution in [2.24, 2.45) is 0 Å². The van der Waals surface area contributed by atoms with E-state index in [0.29, 0.717) is 11.2 Å². The van der Waals surface area contributed by atoms with Crippen molar-refractivity contribution in [3.05, 3.63) is 58.9 Å². The first-order valence-electron chi connectivity index (χ1n) is 7.50. The molecule has 0 unspecified atom stereocenters. The zero-order chi connectivity index (χ0) is 15.4. The molecule has 3 nitrogen and oxygen atoms in total. The van der Waals surface area contributed by atoms with Crippen molar-refractivity contribution in [3.8, 4) is 11.4 Å². The zero-order valence-corrected chi connectivity index (χ0v) is 13.3. The third-order valence-electron chi connectivity index (χ3n) is 3.49. The molecule has 0 spiro atoms. The number of rotatable bonds is 5. The highest BCUT2D eigenvalue weighted by Crippen LogP contribution is 2.24. The van der Waals surface area contributed by atoms with Gasteiger partial charge in [0.15, 0.2) is 0 Å². The lowest BCUT2D eigenvalue weighted by molar-refractivity contribution is 0.896. The summed E-state index contributed by atoms with van der Waals surface area (Å²) >= 11 is 1.84. The average Bonchev–Trinajstić information content (AvgIpc) is 2.55. The Balaban J connectivity index is 1.97. The van der Waals surface area contributed by atoms with E-state index < -0.39 is 0 Å². The minimum Gasteiger partial charge on any atom is -0.306 e. The van der Waals surface area contributed by atoms with Crippen LogP contribution in [0.3, 0.4) is 0 Å². The van der Waals surface area contributed by atoms with Gasteiger partial charge in [-0.3, -0.25) is 4.79 Å². The Labute approximate surface area is 133 Å². The van der Waals surface area contributed by atoms with Crippen LogP contribution in [0.2, 0.25) is 0 Å². The number of aromatic amines is 1. The Hall–Kier alpha value is -2.07. The zero-order valence-electron chi connectivity index (χ0n) is 12.5. The summed E-state index contributed by atoms with van der Waals surface area (Å²) < 4.78 is 0. The molecular formula is C18H18N2OS. The lowest BCUT2D eigenvalue weighted by Gasteiger charge is -2.06. The van der Waals surface area contributed by atoms with Crippen LogP contribution >= 0.6 is 11.8 Å². The van der Waals surface area contributed by atoms with Crippen molar-refractivity contribution < 1.29 is 0 Å². The molecule has 0 radical (unpaired) electrons. The maximum absolute atomic E-state index is 12.2. The van der Waals surface area contributed by atoms with Crippen LogP contribution in [0.4, 0.5) is 0 Å². The second-order valence-electron chi connectivity index (χ2n) is 5.16. The monoisotopic (exact) mass is 310 g/mol. The highest BCUT2D eigenvalue weighted by atomic mass is 32.2. The van der Waals surface area contributed by atoms with Crippen molar-refractivity contribution in [3.63, 3.8) is 0 Å². The molecule has 0 amide bonds. The molecule has 0 atom stereocenters. The molecule has 2 aromatic carbocycles. The van der Waals surface area contributed by atoms with Crippen LogP contribution in [0.15, 0.2) is 58.2 Å². The van der Waals surface area contributed by atoms with Crippen LogP contribution in [-0.2, 0) is 0 Å². The number of H-pyrrole nitrogens is 1. The standard InChI is InChI=1S/C18H18N2OS/c1-2-3-11-22-14-8-6-7-13(12-14)17-19-16-10-5-4-9-15(16)18(21)20-17/h4-10,12H,2-3,11H2,1H3,(H,19,20,21). The van der Waals surface area contributed by atoms with Crippen LogP contribution in [0.25, 0.3) is 22.3 Å². The number of unbranched alkanes of at least 4 members (excludes halogenated alkanes) is 1. The van der Waals surface area contributed by atoms with E-state index >= 15 is 0 Å². The van der Waals surface area contributed by atoms with Gasteiger partial charge in [0.25, 0.3) is 5.56 Å². The quantitative estimate of drug-likeness (QED) is 0.558. The number of thioether (sulfide) groups is 1. The second kappa shape index (κ2) is 6.79. The molecule has 1 heterocycles. The second-order valence-corrected chi connectivity index (χ2v) is 6.33. The van der Waals surface area contributed by atoms with E-state index in [0.717, 1.165) is 16.8 Å². The van der Waals surface area contributed by atoms with Crippen LogP contribution in [-0.4, -0.2) is 15.7 Å². The molecule has 1 N–H and O–H groups in total. The van der Waals surface area contributed by atoms with E-state index in [9.17, 15) is 4.79 Å². The number of hydrogen-bond acceptors (Lipinski definition) is 3. The predicted molar refractivity (Wildman–Crippen MR) is 93.4 cm³/mol. The fraction of sp³-hybridized carbons (Fsp3) is 0.222. The van der Waals surface area contributed by atoms with E-state index in [4.69, 9.17) is 0 Å². The largest absolute Gasteiger partial charge is 0.306 e. The molecule has 0 aliphatic rings. The van der Waals surface area contributed by atoms with Crippen molar-refractivity contribution in [1.82, 2.24) is 9.97 Å². The Morgan fingerprint density at radius 1 is 1.14 bits per heavy atom. The molecule has 0 saturated heterocycles. The van der Waals surface area contributed by atoms with Gasteiger partial charge in [0, 0.05) is 10.5 Å². The van der Waals surface area contributed by atoms with Gasteiger partial charge in [-0.25, -0.2) is 4.98 Å². The average molecular weight is 310 g/mol. The molecule has 0 fully saturated rings. The summed E-state index contributed by atoms with van der Waals surface area (Å²) in [7, 11) is 0. The highest BCUT2D eigenvalue weighted by Gasteiger charge is 2.06. The first-order valence-corrected chi connectivity index (χ1v) is 8.49. The minimum atomic E-state index is -0.0929. The van der Waals surface area contributed by atoms with E-state index in [1.54, 1.807) is 6.07 Å². The third kappa shape index (κ3) is 3.22. The number of nitrogens with one attached hydrogen (secondary N) is 1. The van der Waals surface area contributed by atoms with Gasteiger partial charge in [-0.1, -0.05) is 37.6 Å². The lowest BCUT2D eigenvalue weighted by atomic mass is 10.2. The maximum Gasteiger partial charge on any atom is 0.259 e. The summed E-state index contributed by atoms with van der Waals surface area (Å²) in [6, 6.07) is 15.6. The lowest BCUT2D eigenvalue weighted by Crippen LogP contribution is -2.09. The summed E-state index contributed by atoms with van der Waals surface area (Å²) in [5, 5.41) is 0.625. The van der Waals surface area contributed by atoms with Gasteiger partial charge in [0.2, 0.25) is 0 Å². The fourth-order valence-electron chi connectivity index (χ4n) is 2.29. The van der Waals surface area contributed by atoms with E-state index in [1.165, 1.54) is 17.7 Å². The number of hydrogen-bond donors (Lipinski definition) is 1. The Morgan fingerprint density at radius 2 is 2.00 bits per heavy atom. The van der Waals surface area contributed by atoms with Gasteiger partial charge in [-0.2, -0.15) is 0 Å². The number of fused-ring (bicyclic) bond motifs is 1. The number of nitrogens with zero attached hydrogens (tertiary/aromatic N) is 1. The van der Waals surface area contributed by atoms with Crippen LogP contribution in [0.5, 0.6) is 0 Å². The molecule has 3 aromatic rings.